The average Bonchev–Trinajstić information content (AvgIpc) is 3.18. The predicted molar refractivity (Wildman–Crippen MR) is 111 cm³/mol. The van der Waals surface area contributed by atoms with E-state index in [0.29, 0.717) is 37.2 Å². The van der Waals surface area contributed by atoms with Gasteiger partial charge in [0.15, 0.2) is 5.69 Å². The van der Waals surface area contributed by atoms with Crippen LogP contribution < -0.4 is 4.74 Å². The van der Waals surface area contributed by atoms with E-state index in [9.17, 15) is 4.79 Å². The van der Waals surface area contributed by atoms with E-state index in [-0.39, 0.29) is 5.91 Å². The molecule has 0 N–H and O–H groups in total. The van der Waals surface area contributed by atoms with Crippen molar-refractivity contribution < 1.29 is 14.1 Å². The van der Waals surface area contributed by atoms with Crippen LogP contribution in [0.25, 0.3) is 0 Å². The lowest BCUT2D eigenvalue weighted by Crippen LogP contribution is -2.45. The lowest BCUT2D eigenvalue weighted by Gasteiger charge is -2.37. The third-order valence-electron chi connectivity index (χ3n) is 6.05. The van der Waals surface area contributed by atoms with Crippen LogP contribution in [-0.2, 0) is 6.42 Å². The quantitative estimate of drug-likeness (QED) is 0.734. The van der Waals surface area contributed by atoms with Crippen molar-refractivity contribution in [2.45, 2.75) is 51.5 Å². The Morgan fingerprint density at radius 3 is 2.86 bits per heavy atom. The number of aromatic nitrogens is 1. The molecule has 0 radical (unpaired) electrons. The Morgan fingerprint density at radius 1 is 1.07 bits per heavy atom. The van der Waals surface area contributed by atoms with Crippen LogP contribution >= 0.6 is 0 Å². The summed E-state index contributed by atoms with van der Waals surface area (Å²) in [6.07, 6.45) is 6.80. The first-order valence-electron chi connectivity index (χ1n) is 10.9. The molecule has 156 valence electrons. The maximum Gasteiger partial charge on any atom is 0.276 e. The van der Waals surface area contributed by atoms with Gasteiger partial charge < -0.3 is 14.2 Å². The minimum Gasteiger partial charge on any atom is -0.494 e. The highest BCUT2D eigenvalue weighted by molar-refractivity contribution is 5.92. The number of hydrogen-bond acceptors (Lipinski definition) is 5. The molecule has 4 rings (SSSR count). The van der Waals surface area contributed by atoms with Crippen LogP contribution in [0.3, 0.4) is 0 Å². The number of hydrogen-bond donors (Lipinski definition) is 0. The predicted octanol–water partition coefficient (Wildman–Crippen LogP) is 3.70. The second kappa shape index (κ2) is 9.44. The molecule has 0 spiro atoms. The van der Waals surface area contributed by atoms with Gasteiger partial charge >= 0.3 is 0 Å². The largest absolute Gasteiger partial charge is 0.494 e. The van der Waals surface area contributed by atoms with E-state index in [0.717, 1.165) is 38.1 Å². The van der Waals surface area contributed by atoms with Gasteiger partial charge in [0.05, 0.1) is 6.61 Å². The second-order valence-electron chi connectivity index (χ2n) is 8.19. The number of rotatable bonds is 1. The highest BCUT2D eigenvalue weighted by atomic mass is 16.5. The molecule has 2 aliphatic rings. The summed E-state index contributed by atoms with van der Waals surface area (Å²) in [4.78, 5) is 17.5. The first kappa shape index (κ1) is 20.0. The summed E-state index contributed by atoms with van der Waals surface area (Å²) in [6, 6.07) is 10.8. The Balaban J connectivity index is 1.51. The molecule has 1 unspecified atom stereocenters. The Kier molecular flexibility index (Phi) is 6.49. The first-order chi connectivity index (χ1) is 14.2. The third-order valence-corrected chi connectivity index (χ3v) is 6.05. The number of fused-ring (bicyclic) bond motifs is 3. The van der Waals surface area contributed by atoms with Gasteiger partial charge in [-0.15, -0.1) is 0 Å². The molecular formula is C23H31N3O3. The van der Waals surface area contributed by atoms with E-state index < -0.39 is 0 Å². The lowest BCUT2D eigenvalue weighted by atomic mass is 9.95. The Bertz CT molecular complexity index is 819. The summed E-state index contributed by atoms with van der Waals surface area (Å²) in [5.74, 6) is 1.53. The molecule has 2 bridgehead atoms. The summed E-state index contributed by atoms with van der Waals surface area (Å²) >= 11 is 0. The van der Waals surface area contributed by atoms with Crippen LogP contribution in [0.1, 0.15) is 53.9 Å². The lowest BCUT2D eigenvalue weighted by molar-refractivity contribution is 0.0673. The fourth-order valence-electron chi connectivity index (χ4n) is 4.44. The minimum atomic E-state index is -0.0514. The van der Waals surface area contributed by atoms with Gasteiger partial charge in [-0.25, -0.2) is 0 Å². The van der Waals surface area contributed by atoms with E-state index in [1.54, 1.807) is 6.07 Å². The summed E-state index contributed by atoms with van der Waals surface area (Å²) in [7, 11) is 0. The summed E-state index contributed by atoms with van der Waals surface area (Å²) in [6.45, 7) is 5.81. The van der Waals surface area contributed by atoms with Gasteiger partial charge in [0.2, 0.25) is 0 Å². The third kappa shape index (κ3) is 5.18. The SMILES string of the molecule is Cc1cc(C(=O)N2CCCOc3cccc(c3)CCC3CCCCN3CC2)no1. The van der Waals surface area contributed by atoms with E-state index in [1.807, 2.05) is 17.9 Å². The van der Waals surface area contributed by atoms with Crippen LogP contribution in [-0.4, -0.2) is 59.7 Å². The molecule has 6 nitrogen and oxygen atoms in total. The van der Waals surface area contributed by atoms with Crippen LogP contribution in [0.15, 0.2) is 34.9 Å². The van der Waals surface area contributed by atoms with Gasteiger partial charge in [-0.3, -0.25) is 9.69 Å². The first-order valence-corrected chi connectivity index (χ1v) is 10.9. The molecule has 6 heteroatoms. The maximum absolute atomic E-state index is 13.0. The Hall–Kier alpha value is -2.34. The van der Waals surface area contributed by atoms with Gasteiger partial charge in [-0.05, 0) is 63.3 Å². The van der Waals surface area contributed by atoms with Crippen LogP contribution in [0.2, 0.25) is 0 Å². The van der Waals surface area contributed by atoms with Crippen molar-refractivity contribution in [3.63, 3.8) is 0 Å². The average molecular weight is 398 g/mol. The fourth-order valence-corrected chi connectivity index (χ4v) is 4.44. The van der Waals surface area contributed by atoms with Gasteiger partial charge in [0.25, 0.3) is 5.91 Å². The summed E-state index contributed by atoms with van der Waals surface area (Å²) < 4.78 is 11.1. The van der Waals surface area contributed by atoms with Gasteiger partial charge in [0, 0.05) is 31.7 Å². The molecule has 0 aliphatic carbocycles. The number of amides is 1. The van der Waals surface area contributed by atoms with Crippen LogP contribution in [0.5, 0.6) is 5.75 Å². The normalized spacial score (nSPS) is 21.7. The van der Waals surface area contributed by atoms with Crippen molar-refractivity contribution in [2.24, 2.45) is 0 Å². The highest BCUT2D eigenvalue weighted by Crippen LogP contribution is 2.23. The number of nitrogens with zero attached hydrogens (tertiary/aromatic N) is 3. The molecule has 29 heavy (non-hydrogen) atoms. The van der Waals surface area contributed by atoms with E-state index in [4.69, 9.17) is 9.26 Å². The van der Waals surface area contributed by atoms with Gasteiger partial charge in [-0.1, -0.05) is 23.7 Å². The molecule has 2 aromatic rings. The van der Waals surface area contributed by atoms with E-state index >= 15 is 0 Å². The zero-order chi connectivity index (χ0) is 20.1. The topological polar surface area (TPSA) is 58.8 Å². The molecule has 3 heterocycles. The van der Waals surface area contributed by atoms with Crippen molar-refractivity contribution in [1.82, 2.24) is 15.0 Å². The monoisotopic (exact) mass is 397 g/mol. The maximum atomic E-state index is 13.0. The molecule has 1 atom stereocenters. The highest BCUT2D eigenvalue weighted by Gasteiger charge is 2.25. The molecular weight excluding hydrogens is 366 g/mol. The molecule has 1 fully saturated rings. The minimum absolute atomic E-state index is 0.0514. The van der Waals surface area contributed by atoms with Crippen molar-refractivity contribution in [1.29, 1.82) is 0 Å². The second-order valence-corrected chi connectivity index (χ2v) is 8.19. The standard InChI is InChI=1S/C23H31N3O3/c1-18-16-22(24-29-18)23(27)26-12-5-15-28-21-8-4-6-19(17-21)9-10-20-7-2-3-11-25(20)13-14-26/h4,6,8,16-17,20H,2-3,5,7,9-15H2,1H3. The fraction of sp³-hybridized carbons (Fsp3) is 0.565. The van der Waals surface area contributed by atoms with Crippen LogP contribution in [0.4, 0.5) is 0 Å². The van der Waals surface area contributed by atoms with Crippen molar-refractivity contribution >= 4 is 5.91 Å². The van der Waals surface area contributed by atoms with E-state index in [2.05, 4.69) is 28.3 Å². The number of aryl methyl sites for hydroxylation is 2. The number of carbonyl (C=O) groups excluding carboxylic acids is 1. The number of benzene rings is 1. The molecule has 1 amide bonds. The summed E-state index contributed by atoms with van der Waals surface area (Å²) in [5.41, 5.74) is 1.75. The number of ether oxygens (including phenoxy) is 1. The zero-order valence-electron chi connectivity index (χ0n) is 17.3. The van der Waals surface area contributed by atoms with Crippen molar-refractivity contribution in [3.8, 4) is 5.75 Å². The Morgan fingerprint density at radius 2 is 2.00 bits per heavy atom. The number of piperidine rings is 1. The molecule has 1 aromatic heterocycles. The van der Waals surface area contributed by atoms with Crippen molar-refractivity contribution in [2.75, 3.05) is 32.8 Å². The summed E-state index contributed by atoms with van der Waals surface area (Å²) in [5, 5.41) is 3.94. The van der Waals surface area contributed by atoms with Gasteiger partial charge in [0.1, 0.15) is 11.5 Å². The van der Waals surface area contributed by atoms with E-state index in [1.165, 1.54) is 24.8 Å². The molecule has 0 saturated carbocycles. The number of carbonyl (C=O) groups is 1. The smallest absolute Gasteiger partial charge is 0.276 e. The Labute approximate surface area is 172 Å². The molecule has 1 saturated heterocycles. The molecule has 2 aliphatic heterocycles. The van der Waals surface area contributed by atoms with Gasteiger partial charge in [-0.2, -0.15) is 0 Å². The zero-order valence-corrected chi connectivity index (χ0v) is 17.3. The van der Waals surface area contributed by atoms with Crippen LogP contribution in [0, 0.1) is 6.92 Å². The van der Waals surface area contributed by atoms with Crippen molar-refractivity contribution in [3.05, 3.63) is 47.3 Å². The molecule has 1 aromatic carbocycles.